The second-order valence-electron chi connectivity index (χ2n) is 6.40. The minimum atomic E-state index is -0.0966. The number of amides is 1. The number of hydrogen-bond donors (Lipinski definition) is 1. The first-order valence-electron chi connectivity index (χ1n) is 8.88. The van der Waals surface area contributed by atoms with Gasteiger partial charge in [0.05, 0.1) is 5.69 Å². The number of anilines is 1. The molecule has 1 N–H and O–H groups in total. The number of carbonyl (C=O) groups is 1. The minimum absolute atomic E-state index is 0.0966. The summed E-state index contributed by atoms with van der Waals surface area (Å²) < 4.78 is 1.76. The minimum Gasteiger partial charge on any atom is -0.357 e. The van der Waals surface area contributed by atoms with E-state index >= 15 is 0 Å². The van der Waals surface area contributed by atoms with E-state index < -0.39 is 0 Å². The van der Waals surface area contributed by atoms with E-state index in [2.05, 4.69) is 20.3 Å². The Balaban J connectivity index is 1.34. The monoisotopic (exact) mass is 347 g/mol. The van der Waals surface area contributed by atoms with E-state index in [9.17, 15) is 4.79 Å². The van der Waals surface area contributed by atoms with Crippen molar-refractivity contribution >= 4 is 11.7 Å². The van der Waals surface area contributed by atoms with Crippen LogP contribution in [0.5, 0.6) is 0 Å². The van der Waals surface area contributed by atoms with Gasteiger partial charge < -0.3 is 10.2 Å². The first-order valence-corrected chi connectivity index (χ1v) is 8.88. The van der Waals surface area contributed by atoms with Crippen LogP contribution in [0.1, 0.15) is 28.8 Å². The lowest BCUT2D eigenvalue weighted by atomic mass is 10.2. The maximum atomic E-state index is 12.3. The summed E-state index contributed by atoms with van der Waals surface area (Å²) in [7, 11) is 0. The molecule has 1 aliphatic heterocycles. The van der Waals surface area contributed by atoms with Crippen molar-refractivity contribution in [1.82, 2.24) is 20.1 Å². The lowest BCUT2D eigenvalue weighted by Gasteiger charge is -2.16. The lowest BCUT2D eigenvalue weighted by Crippen LogP contribution is -2.23. The Bertz CT molecular complexity index is 850. The van der Waals surface area contributed by atoms with Gasteiger partial charge >= 0.3 is 0 Å². The van der Waals surface area contributed by atoms with Gasteiger partial charge in [-0.3, -0.25) is 4.79 Å². The van der Waals surface area contributed by atoms with Crippen molar-refractivity contribution in [3.63, 3.8) is 0 Å². The Labute approximate surface area is 152 Å². The number of pyridine rings is 1. The topological polar surface area (TPSA) is 63.1 Å². The van der Waals surface area contributed by atoms with E-state index in [1.165, 1.54) is 12.8 Å². The van der Waals surface area contributed by atoms with Crippen LogP contribution in [0.3, 0.4) is 0 Å². The van der Waals surface area contributed by atoms with Crippen molar-refractivity contribution in [3.05, 3.63) is 72.2 Å². The van der Waals surface area contributed by atoms with Crippen molar-refractivity contribution in [2.75, 3.05) is 18.0 Å². The van der Waals surface area contributed by atoms with Gasteiger partial charge in [0.2, 0.25) is 0 Å². The molecule has 1 saturated heterocycles. The van der Waals surface area contributed by atoms with E-state index in [0.717, 1.165) is 30.2 Å². The summed E-state index contributed by atoms with van der Waals surface area (Å²) in [5.41, 5.74) is 2.55. The van der Waals surface area contributed by atoms with Gasteiger partial charge in [-0.25, -0.2) is 9.67 Å². The second-order valence-corrected chi connectivity index (χ2v) is 6.40. The molecule has 4 rings (SSSR count). The normalized spacial score (nSPS) is 13.8. The molecule has 0 unspecified atom stereocenters. The first kappa shape index (κ1) is 16.3. The van der Waals surface area contributed by atoms with Crippen LogP contribution in [0.2, 0.25) is 0 Å². The Morgan fingerprint density at radius 3 is 2.54 bits per heavy atom. The summed E-state index contributed by atoms with van der Waals surface area (Å²) in [6, 6.07) is 13.3. The van der Waals surface area contributed by atoms with Crippen molar-refractivity contribution in [2.45, 2.75) is 19.4 Å². The van der Waals surface area contributed by atoms with Crippen LogP contribution in [0.25, 0.3) is 5.69 Å². The average molecular weight is 347 g/mol. The third-order valence-corrected chi connectivity index (χ3v) is 4.59. The van der Waals surface area contributed by atoms with Gasteiger partial charge in [0.25, 0.3) is 5.91 Å². The van der Waals surface area contributed by atoms with Crippen molar-refractivity contribution < 1.29 is 4.79 Å². The summed E-state index contributed by atoms with van der Waals surface area (Å²) in [6.07, 6.45) is 7.91. The van der Waals surface area contributed by atoms with Gasteiger partial charge in [-0.2, -0.15) is 5.10 Å². The van der Waals surface area contributed by atoms with E-state index in [1.54, 1.807) is 23.0 Å². The zero-order valence-corrected chi connectivity index (χ0v) is 14.5. The molecule has 0 atom stereocenters. The second kappa shape index (κ2) is 7.39. The van der Waals surface area contributed by atoms with Crippen molar-refractivity contribution in [2.24, 2.45) is 0 Å². The highest BCUT2D eigenvalue weighted by Gasteiger charge is 2.13. The molecule has 0 bridgehead atoms. The molecule has 0 aliphatic carbocycles. The molecular formula is C20H21N5O. The number of hydrogen-bond acceptors (Lipinski definition) is 4. The molecule has 0 spiro atoms. The molecule has 2 aromatic heterocycles. The van der Waals surface area contributed by atoms with Crippen LogP contribution in [0, 0.1) is 0 Å². The van der Waals surface area contributed by atoms with Gasteiger partial charge in [-0.05, 0) is 54.8 Å². The summed E-state index contributed by atoms with van der Waals surface area (Å²) in [5.74, 6) is 0.924. The summed E-state index contributed by atoms with van der Waals surface area (Å²) in [6.45, 7) is 2.63. The highest BCUT2D eigenvalue weighted by molar-refractivity contribution is 5.94. The molecular weight excluding hydrogens is 326 g/mol. The molecule has 0 saturated carbocycles. The smallest absolute Gasteiger partial charge is 0.251 e. The Morgan fingerprint density at radius 1 is 1.08 bits per heavy atom. The molecule has 1 amide bonds. The number of rotatable bonds is 5. The Hall–Kier alpha value is -3.15. The SMILES string of the molecule is O=C(NCc1ccc(N2CCCC2)nc1)c1ccc(-n2cccn2)cc1. The molecule has 6 heteroatoms. The maximum absolute atomic E-state index is 12.3. The van der Waals surface area contributed by atoms with Crippen LogP contribution >= 0.6 is 0 Å². The molecule has 3 aromatic rings. The fourth-order valence-corrected chi connectivity index (χ4v) is 3.13. The van der Waals surface area contributed by atoms with Crippen LogP contribution < -0.4 is 10.2 Å². The average Bonchev–Trinajstić information content (AvgIpc) is 3.40. The molecule has 1 fully saturated rings. The molecule has 3 heterocycles. The Kier molecular flexibility index (Phi) is 4.64. The number of nitrogens with zero attached hydrogens (tertiary/aromatic N) is 4. The van der Waals surface area contributed by atoms with Crippen molar-refractivity contribution in [1.29, 1.82) is 0 Å². The van der Waals surface area contributed by atoms with Crippen molar-refractivity contribution in [3.8, 4) is 5.69 Å². The molecule has 0 radical (unpaired) electrons. The fourth-order valence-electron chi connectivity index (χ4n) is 3.13. The van der Waals surface area contributed by atoms with E-state index in [-0.39, 0.29) is 5.91 Å². The molecule has 132 valence electrons. The predicted molar refractivity (Wildman–Crippen MR) is 100 cm³/mol. The van der Waals surface area contributed by atoms with Crippen LogP contribution in [0.4, 0.5) is 5.82 Å². The summed E-state index contributed by atoms with van der Waals surface area (Å²) >= 11 is 0. The number of nitrogens with one attached hydrogen (secondary N) is 1. The number of benzene rings is 1. The van der Waals surface area contributed by atoms with Crippen LogP contribution in [-0.2, 0) is 6.54 Å². The van der Waals surface area contributed by atoms with Gasteiger partial charge in [0.15, 0.2) is 0 Å². The van der Waals surface area contributed by atoms with Gasteiger partial charge in [-0.15, -0.1) is 0 Å². The van der Waals surface area contributed by atoms with Gasteiger partial charge in [0, 0.05) is 43.8 Å². The third-order valence-electron chi connectivity index (χ3n) is 4.59. The highest BCUT2D eigenvalue weighted by Crippen LogP contribution is 2.17. The van der Waals surface area contributed by atoms with E-state index in [4.69, 9.17) is 0 Å². The molecule has 1 aliphatic rings. The predicted octanol–water partition coefficient (Wildman–Crippen LogP) is 2.80. The molecule has 1 aromatic carbocycles. The molecule has 26 heavy (non-hydrogen) atoms. The largest absolute Gasteiger partial charge is 0.357 e. The fraction of sp³-hybridized carbons (Fsp3) is 0.250. The standard InChI is InChI=1S/C20H21N5O/c26-20(17-5-7-18(8-6-17)25-13-3-10-23-25)22-15-16-4-9-19(21-14-16)24-11-1-2-12-24/h3-10,13-14H,1-2,11-12,15H2,(H,22,26). The number of carbonyl (C=O) groups excluding carboxylic acids is 1. The zero-order valence-electron chi connectivity index (χ0n) is 14.5. The van der Waals surface area contributed by atoms with E-state index in [1.807, 2.05) is 42.7 Å². The van der Waals surface area contributed by atoms with E-state index in [0.29, 0.717) is 12.1 Å². The summed E-state index contributed by atoms with van der Waals surface area (Å²) in [5, 5.41) is 7.12. The van der Waals surface area contributed by atoms with Crippen LogP contribution in [-0.4, -0.2) is 33.8 Å². The Morgan fingerprint density at radius 2 is 1.88 bits per heavy atom. The van der Waals surface area contributed by atoms with Gasteiger partial charge in [-0.1, -0.05) is 6.07 Å². The highest BCUT2D eigenvalue weighted by atomic mass is 16.1. The van der Waals surface area contributed by atoms with Gasteiger partial charge in [0.1, 0.15) is 5.82 Å². The van der Waals surface area contributed by atoms with Crippen LogP contribution in [0.15, 0.2) is 61.1 Å². The first-order chi connectivity index (χ1) is 12.8. The quantitative estimate of drug-likeness (QED) is 0.771. The number of aromatic nitrogens is 3. The zero-order chi connectivity index (χ0) is 17.8. The summed E-state index contributed by atoms with van der Waals surface area (Å²) in [4.78, 5) is 19.1. The maximum Gasteiger partial charge on any atom is 0.251 e. The third kappa shape index (κ3) is 3.59. The lowest BCUT2D eigenvalue weighted by molar-refractivity contribution is 0.0951. The molecule has 6 nitrogen and oxygen atoms in total.